The van der Waals surface area contributed by atoms with Crippen LogP contribution >= 0.6 is 0 Å². The molecule has 0 bridgehead atoms. The molecule has 2 nitrogen and oxygen atoms in total. The molecule has 0 amide bonds. The number of benzene rings is 1. The summed E-state index contributed by atoms with van der Waals surface area (Å²) in [5.74, 6) is -0.234. The fourth-order valence-corrected chi connectivity index (χ4v) is 2.39. The molecule has 0 aromatic heterocycles. The molecule has 0 aliphatic heterocycles. The maximum Gasteiger partial charge on any atom is 0.126 e. The number of anilines is 1. The van der Waals surface area contributed by atoms with Crippen molar-refractivity contribution >= 4 is 5.69 Å². The molecule has 1 aromatic carbocycles. The van der Waals surface area contributed by atoms with Gasteiger partial charge in [0.15, 0.2) is 0 Å². The molecule has 1 aliphatic rings. The molecule has 1 fully saturated rings. The van der Waals surface area contributed by atoms with Crippen LogP contribution in [0.4, 0.5) is 10.1 Å². The maximum absolute atomic E-state index is 13.7. The summed E-state index contributed by atoms with van der Waals surface area (Å²) < 4.78 is 13.7. The third-order valence-corrected chi connectivity index (χ3v) is 3.52. The molecule has 1 atom stereocenters. The zero-order valence-electron chi connectivity index (χ0n) is 11.4. The number of nitrogens with zero attached hydrogens (tertiary/aromatic N) is 1. The Hall–Kier alpha value is -1.09. The molecule has 3 heteroatoms. The summed E-state index contributed by atoms with van der Waals surface area (Å²) >= 11 is 0. The molecule has 0 heterocycles. The van der Waals surface area contributed by atoms with Crippen molar-refractivity contribution in [1.29, 1.82) is 0 Å². The summed E-state index contributed by atoms with van der Waals surface area (Å²) in [4.78, 5) is 2.33. The van der Waals surface area contributed by atoms with Crippen LogP contribution in [0.3, 0.4) is 0 Å². The van der Waals surface area contributed by atoms with E-state index in [-0.39, 0.29) is 5.82 Å². The molecule has 1 aliphatic carbocycles. The number of hydrogen-bond donors (Lipinski definition) is 1. The largest absolute Gasteiger partial charge is 0.389 e. The molecule has 1 N–H and O–H groups in total. The van der Waals surface area contributed by atoms with Crippen LogP contribution in [0.2, 0.25) is 0 Å². The predicted molar refractivity (Wildman–Crippen MR) is 72.4 cm³/mol. The highest BCUT2D eigenvalue weighted by Crippen LogP contribution is 2.37. The van der Waals surface area contributed by atoms with Crippen molar-refractivity contribution in [1.82, 2.24) is 0 Å². The monoisotopic (exact) mass is 251 g/mol. The first-order valence-corrected chi connectivity index (χ1v) is 6.79. The number of rotatable bonds is 5. The minimum absolute atomic E-state index is 0.234. The molecular formula is C15H22FNO. The van der Waals surface area contributed by atoms with Crippen molar-refractivity contribution in [2.45, 2.75) is 52.2 Å². The number of aliphatic hydroxyl groups is 1. The van der Waals surface area contributed by atoms with E-state index in [1.54, 1.807) is 13.8 Å². The van der Waals surface area contributed by atoms with Gasteiger partial charge in [0.2, 0.25) is 0 Å². The highest BCUT2D eigenvalue weighted by molar-refractivity contribution is 5.58. The van der Waals surface area contributed by atoms with Crippen molar-refractivity contribution in [3.05, 3.63) is 29.1 Å². The van der Waals surface area contributed by atoms with Crippen molar-refractivity contribution in [2.24, 2.45) is 0 Å². The SMILES string of the molecule is CCCN(c1cc(C)c(F)cc1[C@@H](C)O)C1CC1. The minimum Gasteiger partial charge on any atom is -0.389 e. The van der Waals surface area contributed by atoms with Gasteiger partial charge in [-0.05, 0) is 50.8 Å². The molecule has 0 saturated heterocycles. The second kappa shape index (κ2) is 5.27. The number of aryl methyl sites for hydroxylation is 1. The maximum atomic E-state index is 13.7. The normalized spacial score (nSPS) is 16.7. The lowest BCUT2D eigenvalue weighted by atomic mass is 10.0. The van der Waals surface area contributed by atoms with Gasteiger partial charge in [-0.15, -0.1) is 0 Å². The van der Waals surface area contributed by atoms with Crippen LogP contribution in [0.25, 0.3) is 0 Å². The summed E-state index contributed by atoms with van der Waals surface area (Å²) in [5.41, 5.74) is 2.36. The second-order valence-electron chi connectivity index (χ2n) is 5.26. The van der Waals surface area contributed by atoms with Gasteiger partial charge in [-0.2, -0.15) is 0 Å². The van der Waals surface area contributed by atoms with E-state index in [9.17, 15) is 9.50 Å². The van der Waals surface area contributed by atoms with Gasteiger partial charge in [0, 0.05) is 23.8 Å². The van der Waals surface area contributed by atoms with Gasteiger partial charge in [-0.1, -0.05) is 6.92 Å². The third kappa shape index (κ3) is 2.66. The van der Waals surface area contributed by atoms with E-state index in [0.29, 0.717) is 17.2 Å². The van der Waals surface area contributed by atoms with Crippen molar-refractivity contribution < 1.29 is 9.50 Å². The Bertz CT molecular complexity index is 427. The first-order valence-electron chi connectivity index (χ1n) is 6.79. The van der Waals surface area contributed by atoms with Crippen LogP contribution in [0.1, 0.15) is 50.3 Å². The van der Waals surface area contributed by atoms with Crippen molar-refractivity contribution in [3.63, 3.8) is 0 Å². The van der Waals surface area contributed by atoms with E-state index in [2.05, 4.69) is 11.8 Å². The van der Waals surface area contributed by atoms with E-state index in [1.807, 2.05) is 6.07 Å². The third-order valence-electron chi connectivity index (χ3n) is 3.52. The zero-order chi connectivity index (χ0) is 13.3. The lowest BCUT2D eigenvalue weighted by molar-refractivity contribution is 0.199. The number of aliphatic hydroxyl groups excluding tert-OH is 1. The Balaban J connectivity index is 2.42. The Morgan fingerprint density at radius 3 is 2.61 bits per heavy atom. The van der Waals surface area contributed by atoms with Crippen LogP contribution in [0.15, 0.2) is 12.1 Å². The lowest BCUT2D eigenvalue weighted by Crippen LogP contribution is -2.28. The summed E-state index contributed by atoms with van der Waals surface area (Å²) in [6.07, 6.45) is 2.84. The summed E-state index contributed by atoms with van der Waals surface area (Å²) in [5, 5.41) is 9.85. The first-order chi connectivity index (χ1) is 8.54. The van der Waals surface area contributed by atoms with Gasteiger partial charge in [0.25, 0.3) is 0 Å². The Labute approximate surface area is 108 Å². The molecule has 18 heavy (non-hydrogen) atoms. The number of hydrogen-bond acceptors (Lipinski definition) is 2. The average Bonchev–Trinajstić information content (AvgIpc) is 3.13. The average molecular weight is 251 g/mol. The van der Waals surface area contributed by atoms with E-state index >= 15 is 0 Å². The highest BCUT2D eigenvalue weighted by atomic mass is 19.1. The summed E-state index contributed by atoms with van der Waals surface area (Å²) in [7, 11) is 0. The molecular weight excluding hydrogens is 229 g/mol. The van der Waals surface area contributed by atoms with Gasteiger partial charge >= 0.3 is 0 Å². The van der Waals surface area contributed by atoms with E-state index in [4.69, 9.17) is 0 Å². The van der Waals surface area contributed by atoms with E-state index in [0.717, 1.165) is 18.7 Å². The Morgan fingerprint density at radius 1 is 1.44 bits per heavy atom. The fraction of sp³-hybridized carbons (Fsp3) is 0.600. The molecule has 100 valence electrons. The lowest BCUT2D eigenvalue weighted by Gasteiger charge is -2.28. The highest BCUT2D eigenvalue weighted by Gasteiger charge is 2.30. The molecule has 1 saturated carbocycles. The number of halogens is 1. The van der Waals surface area contributed by atoms with Crippen LogP contribution in [0, 0.1) is 12.7 Å². The Kier molecular flexibility index (Phi) is 3.91. The first kappa shape index (κ1) is 13.3. The second-order valence-corrected chi connectivity index (χ2v) is 5.26. The zero-order valence-corrected chi connectivity index (χ0v) is 11.4. The van der Waals surface area contributed by atoms with Gasteiger partial charge < -0.3 is 10.0 Å². The summed E-state index contributed by atoms with van der Waals surface area (Å²) in [6.45, 7) is 6.59. The van der Waals surface area contributed by atoms with Crippen molar-refractivity contribution in [3.8, 4) is 0 Å². The summed E-state index contributed by atoms with van der Waals surface area (Å²) in [6, 6.07) is 3.94. The fourth-order valence-electron chi connectivity index (χ4n) is 2.39. The molecule has 0 spiro atoms. The van der Waals surface area contributed by atoms with E-state index in [1.165, 1.54) is 18.9 Å². The Morgan fingerprint density at radius 2 is 2.11 bits per heavy atom. The quantitative estimate of drug-likeness (QED) is 0.864. The molecule has 1 aromatic rings. The predicted octanol–water partition coefficient (Wildman–Crippen LogP) is 3.57. The molecule has 0 unspecified atom stereocenters. The molecule has 0 radical (unpaired) electrons. The van der Waals surface area contributed by atoms with Crippen LogP contribution in [-0.4, -0.2) is 17.7 Å². The van der Waals surface area contributed by atoms with Gasteiger partial charge in [0.05, 0.1) is 6.10 Å². The molecule has 2 rings (SSSR count). The van der Waals surface area contributed by atoms with Gasteiger partial charge in [-0.3, -0.25) is 0 Å². The smallest absolute Gasteiger partial charge is 0.126 e. The minimum atomic E-state index is -0.631. The van der Waals surface area contributed by atoms with E-state index < -0.39 is 6.10 Å². The standard InChI is InChI=1S/C15H22FNO/c1-4-7-17(12-5-6-12)15-8-10(2)14(16)9-13(15)11(3)18/h8-9,11-12,18H,4-7H2,1-3H3/t11-/m1/s1. The topological polar surface area (TPSA) is 23.5 Å². The van der Waals surface area contributed by atoms with Crippen LogP contribution < -0.4 is 4.90 Å². The van der Waals surface area contributed by atoms with Crippen molar-refractivity contribution in [2.75, 3.05) is 11.4 Å². The van der Waals surface area contributed by atoms with Crippen LogP contribution in [-0.2, 0) is 0 Å². The van der Waals surface area contributed by atoms with Gasteiger partial charge in [-0.25, -0.2) is 4.39 Å². The van der Waals surface area contributed by atoms with Crippen LogP contribution in [0.5, 0.6) is 0 Å². The van der Waals surface area contributed by atoms with Gasteiger partial charge in [0.1, 0.15) is 5.82 Å².